The molecule has 35 heavy (non-hydrogen) atoms. The highest BCUT2D eigenvalue weighted by atomic mass is 32.1. The van der Waals surface area contributed by atoms with Gasteiger partial charge in [-0.1, -0.05) is 12.1 Å². The number of aromatic nitrogens is 1. The van der Waals surface area contributed by atoms with Gasteiger partial charge in [-0.15, -0.1) is 11.3 Å². The highest BCUT2D eigenvalue weighted by Gasteiger charge is 2.31. The van der Waals surface area contributed by atoms with E-state index in [0.717, 1.165) is 22.7 Å². The fourth-order valence-corrected chi connectivity index (χ4v) is 4.58. The lowest BCUT2D eigenvalue weighted by Gasteiger charge is -2.19. The van der Waals surface area contributed by atoms with E-state index < -0.39 is 18.4 Å². The number of carbonyl (C=O) groups is 2. The van der Waals surface area contributed by atoms with Crippen LogP contribution in [0.2, 0.25) is 0 Å². The topological polar surface area (TPSA) is 95.8 Å². The summed E-state index contributed by atoms with van der Waals surface area (Å²) in [4.78, 5) is 33.5. The fraction of sp³-hybridized carbons (Fsp3) is 0.200. The van der Waals surface area contributed by atoms with Crippen LogP contribution in [0.1, 0.15) is 20.4 Å². The number of halogens is 1. The Bertz CT molecular complexity index is 1330. The number of thiazole rings is 1. The van der Waals surface area contributed by atoms with Crippen LogP contribution in [-0.4, -0.2) is 37.4 Å². The standard InChI is InChI=1S/C25H21FN4O4S/c1-15-23(35-22(28-15)14-33-17-10-8-16(26)9-11-17)25(32)34-13-21(31)18(12-27)24-29(2)19-6-4-5-7-20(19)30(24)3/h4-11H,13-14H2,1-3H3. The van der Waals surface area contributed by atoms with Gasteiger partial charge in [0.05, 0.1) is 17.1 Å². The lowest BCUT2D eigenvalue weighted by molar-refractivity contribution is -0.118. The molecule has 2 heterocycles. The summed E-state index contributed by atoms with van der Waals surface area (Å²) >= 11 is 1.08. The molecule has 4 rings (SSSR count). The van der Waals surface area contributed by atoms with Crippen LogP contribution in [0.25, 0.3) is 0 Å². The van der Waals surface area contributed by atoms with Gasteiger partial charge in [-0.05, 0) is 43.3 Å². The lowest BCUT2D eigenvalue weighted by atomic mass is 10.2. The maximum absolute atomic E-state index is 13.0. The summed E-state index contributed by atoms with van der Waals surface area (Å²) in [5.41, 5.74) is 2.06. The fourth-order valence-electron chi connectivity index (χ4n) is 3.71. The number of nitriles is 1. The first-order valence-corrected chi connectivity index (χ1v) is 11.4. The summed E-state index contributed by atoms with van der Waals surface area (Å²) in [6, 6.07) is 15.0. The second kappa shape index (κ2) is 9.95. The Morgan fingerprint density at radius 3 is 2.31 bits per heavy atom. The van der Waals surface area contributed by atoms with E-state index in [-0.39, 0.29) is 22.9 Å². The Hall–Kier alpha value is -4.23. The molecule has 0 amide bonds. The lowest BCUT2D eigenvalue weighted by Crippen LogP contribution is -2.27. The predicted molar refractivity (Wildman–Crippen MR) is 129 cm³/mol. The number of fused-ring (bicyclic) bond motifs is 1. The molecule has 1 aliphatic heterocycles. The van der Waals surface area contributed by atoms with Crippen molar-refractivity contribution in [1.29, 1.82) is 5.26 Å². The minimum absolute atomic E-state index is 0.0905. The van der Waals surface area contributed by atoms with Crippen molar-refractivity contribution in [1.82, 2.24) is 4.98 Å². The van der Waals surface area contributed by atoms with Gasteiger partial charge in [-0.3, -0.25) is 4.79 Å². The normalized spacial score (nSPS) is 12.3. The zero-order valence-corrected chi connectivity index (χ0v) is 20.1. The molecule has 0 radical (unpaired) electrons. The van der Waals surface area contributed by atoms with Crippen molar-refractivity contribution in [2.75, 3.05) is 30.5 Å². The van der Waals surface area contributed by atoms with Crippen molar-refractivity contribution in [2.24, 2.45) is 0 Å². The molecule has 0 saturated heterocycles. The first kappa shape index (κ1) is 23.9. The maximum atomic E-state index is 13.0. The highest BCUT2D eigenvalue weighted by Crippen LogP contribution is 2.40. The van der Waals surface area contributed by atoms with E-state index in [0.29, 0.717) is 22.3 Å². The van der Waals surface area contributed by atoms with Gasteiger partial charge < -0.3 is 19.3 Å². The molecule has 1 aromatic heterocycles. The number of rotatable bonds is 7. The predicted octanol–water partition coefficient (Wildman–Crippen LogP) is 4.22. The Labute approximate surface area is 205 Å². The molecular formula is C25H21FN4O4S. The van der Waals surface area contributed by atoms with Crippen molar-refractivity contribution >= 4 is 34.5 Å². The van der Waals surface area contributed by atoms with Crippen LogP contribution in [-0.2, 0) is 16.1 Å². The molecule has 0 spiro atoms. The average Bonchev–Trinajstić information content (AvgIpc) is 3.35. The summed E-state index contributed by atoms with van der Waals surface area (Å²) in [6.07, 6.45) is 0. The number of anilines is 2. The third kappa shape index (κ3) is 4.85. The number of aryl methyl sites for hydroxylation is 1. The number of ether oxygens (including phenoxy) is 2. The molecule has 2 aromatic carbocycles. The Morgan fingerprint density at radius 2 is 1.71 bits per heavy atom. The van der Waals surface area contributed by atoms with Crippen LogP contribution < -0.4 is 14.5 Å². The first-order chi connectivity index (χ1) is 16.8. The van der Waals surface area contributed by atoms with Crippen LogP contribution in [0.5, 0.6) is 5.75 Å². The van der Waals surface area contributed by atoms with Gasteiger partial charge in [0, 0.05) is 14.1 Å². The molecule has 0 fully saturated rings. The molecule has 8 nitrogen and oxygen atoms in total. The molecule has 0 unspecified atom stereocenters. The van der Waals surface area contributed by atoms with Crippen LogP contribution in [0.3, 0.4) is 0 Å². The van der Waals surface area contributed by atoms with Crippen molar-refractivity contribution in [3.05, 3.63) is 81.3 Å². The van der Waals surface area contributed by atoms with E-state index in [2.05, 4.69) is 4.98 Å². The largest absolute Gasteiger partial charge is 0.486 e. The number of hydrogen-bond donors (Lipinski definition) is 0. The summed E-state index contributed by atoms with van der Waals surface area (Å²) in [5.74, 6) is -0.795. The third-order valence-electron chi connectivity index (χ3n) is 5.39. The van der Waals surface area contributed by atoms with Crippen molar-refractivity contribution < 1.29 is 23.5 Å². The summed E-state index contributed by atoms with van der Waals surface area (Å²) in [7, 11) is 3.54. The van der Waals surface area contributed by atoms with Gasteiger partial charge in [-0.25, -0.2) is 14.2 Å². The van der Waals surface area contributed by atoms with E-state index in [4.69, 9.17) is 9.47 Å². The van der Waals surface area contributed by atoms with Crippen LogP contribution in [0.15, 0.2) is 59.9 Å². The third-order valence-corrected chi connectivity index (χ3v) is 6.50. The number of para-hydroxylation sites is 2. The maximum Gasteiger partial charge on any atom is 0.350 e. The highest BCUT2D eigenvalue weighted by molar-refractivity contribution is 7.13. The summed E-state index contributed by atoms with van der Waals surface area (Å²) in [6.45, 7) is 1.16. The van der Waals surface area contributed by atoms with Crippen molar-refractivity contribution in [3.8, 4) is 11.8 Å². The molecule has 1 aliphatic rings. The molecule has 0 N–H and O–H groups in total. The SMILES string of the molecule is Cc1nc(COc2ccc(F)cc2)sc1C(=O)OCC(=O)C(C#N)=C1N(C)c2ccccc2N1C. The van der Waals surface area contributed by atoms with E-state index >= 15 is 0 Å². The molecule has 0 saturated carbocycles. The number of hydrogen-bond acceptors (Lipinski definition) is 9. The number of ketones is 1. The van der Waals surface area contributed by atoms with Crippen LogP contribution in [0.4, 0.5) is 15.8 Å². The van der Waals surface area contributed by atoms with Gasteiger partial charge >= 0.3 is 5.97 Å². The van der Waals surface area contributed by atoms with E-state index in [1.807, 2.05) is 30.3 Å². The van der Waals surface area contributed by atoms with Crippen LogP contribution in [0, 0.1) is 24.1 Å². The smallest absolute Gasteiger partial charge is 0.350 e. The Kier molecular flexibility index (Phi) is 6.80. The number of nitrogens with zero attached hydrogens (tertiary/aromatic N) is 4. The monoisotopic (exact) mass is 492 g/mol. The second-order valence-electron chi connectivity index (χ2n) is 7.68. The van der Waals surface area contributed by atoms with Crippen LogP contribution >= 0.6 is 11.3 Å². The van der Waals surface area contributed by atoms with Crippen molar-refractivity contribution in [3.63, 3.8) is 0 Å². The van der Waals surface area contributed by atoms with E-state index in [1.165, 1.54) is 24.3 Å². The number of Topliss-reactive ketones (excluding diaryl/α,β-unsaturated/α-hetero) is 1. The second-order valence-corrected chi connectivity index (χ2v) is 8.76. The molecule has 0 atom stereocenters. The zero-order valence-electron chi connectivity index (χ0n) is 19.2. The van der Waals surface area contributed by atoms with Gasteiger partial charge in [0.1, 0.15) is 45.5 Å². The van der Waals surface area contributed by atoms with Gasteiger partial charge in [0.25, 0.3) is 0 Å². The molecular weight excluding hydrogens is 471 g/mol. The molecule has 0 aliphatic carbocycles. The molecule has 178 valence electrons. The van der Waals surface area contributed by atoms with E-state index in [9.17, 15) is 19.2 Å². The summed E-state index contributed by atoms with van der Waals surface area (Å²) < 4.78 is 23.8. The minimum Gasteiger partial charge on any atom is -0.486 e. The summed E-state index contributed by atoms with van der Waals surface area (Å²) in [5, 5.41) is 10.2. The Balaban J connectivity index is 1.42. The van der Waals surface area contributed by atoms with Gasteiger partial charge in [0.15, 0.2) is 6.61 Å². The number of carbonyl (C=O) groups excluding carboxylic acids is 2. The van der Waals surface area contributed by atoms with Gasteiger partial charge in [-0.2, -0.15) is 5.26 Å². The van der Waals surface area contributed by atoms with Crippen molar-refractivity contribution in [2.45, 2.75) is 13.5 Å². The molecule has 3 aromatic rings. The van der Waals surface area contributed by atoms with E-state index in [1.54, 1.807) is 30.8 Å². The molecule has 0 bridgehead atoms. The van der Waals surface area contributed by atoms with Gasteiger partial charge in [0.2, 0.25) is 5.78 Å². The number of benzene rings is 2. The zero-order chi connectivity index (χ0) is 25.1. The Morgan fingerprint density at radius 1 is 1.09 bits per heavy atom. The quantitative estimate of drug-likeness (QED) is 0.275. The first-order valence-electron chi connectivity index (χ1n) is 10.6. The minimum atomic E-state index is -0.708. The molecule has 10 heteroatoms. The number of esters is 1. The average molecular weight is 493 g/mol.